The summed E-state index contributed by atoms with van der Waals surface area (Å²) in [6.07, 6.45) is 3.79. The van der Waals surface area contributed by atoms with E-state index in [1.165, 1.54) is 27.8 Å². The minimum atomic E-state index is -3.51. The van der Waals surface area contributed by atoms with Gasteiger partial charge in [-0.3, -0.25) is 9.69 Å². The second-order valence-corrected chi connectivity index (χ2v) is 12.0. The van der Waals surface area contributed by atoms with Crippen LogP contribution in [0, 0.1) is 0 Å². The average molecular weight is 505 g/mol. The predicted octanol–water partition coefficient (Wildman–Crippen LogP) is 4.01. The van der Waals surface area contributed by atoms with Crippen molar-refractivity contribution < 1.29 is 13.2 Å². The lowest BCUT2D eigenvalue weighted by molar-refractivity contribution is 0.0985. The molecule has 2 heterocycles. The molecule has 0 atom stereocenters. The number of sulfonamides is 1. The minimum absolute atomic E-state index is 0.188. The monoisotopic (exact) mass is 504 g/mol. The van der Waals surface area contributed by atoms with E-state index in [0.717, 1.165) is 28.0 Å². The number of hydrogen-bond donors (Lipinski definition) is 0. The Kier molecular flexibility index (Phi) is 7.40. The van der Waals surface area contributed by atoms with Gasteiger partial charge in [0, 0.05) is 36.6 Å². The molecule has 1 aromatic heterocycles. The molecule has 0 spiro atoms. The van der Waals surface area contributed by atoms with E-state index in [-0.39, 0.29) is 10.8 Å². The summed E-state index contributed by atoms with van der Waals surface area (Å²) in [5, 5.41) is 0.645. The number of carbonyl (C=O) groups is 1. The zero-order valence-electron chi connectivity index (χ0n) is 19.0. The van der Waals surface area contributed by atoms with Crippen LogP contribution in [-0.2, 0) is 10.0 Å². The van der Waals surface area contributed by atoms with Gasteiger partial charge in [0.05, 0.1) is 15.1 Å². The molecule has 0 radical (unpaired) electrons. The maximum absolute atomic E-state index is 13.5. The van der Waals surface area contributed by atoms with E-state index in [0.29, 0.717) is 36.9 Å². The van der Waals surface area contributed by atoms with Crippen LogP contribution in [0.4, 0.5) is 5.13 Å². The zero-order chi connectivity index (χ0) is 23.6. The summed E-state index contributed by atoms with van der Waals surface area (Å²) in [7, 11) is 0.415. The summed E-state index contributed by atoms with van der Waals surface area (Å²) in [4.78, 5) is 23.3. The Morgan fingerprint density at radius 2 is 1.79 bits per heavy atom. The smallest absolute Gasteiger partial charge is 0.260 e. The molecule has 0 unspecified atom stereocenters. The highest BCUT2D eigenvalue weighted by atomic mass is 32.2. The highest BCUT2D eigenvalue weighted by molar-refractivity contribution is 7.98. The van der Waals surface area contributed by atoms with Crippen LogP contribution in [0.5, 0.6) is 0 Å². The van der Waals surface area contributed by atoms with Gasteiger partial charge in [-0.05, 0) is 69.6 Å². The van der Waals surface area contributed by atoms with Crippen LogP contribution in [0.3, 0.4) is 0 Å². The molecular formula is C23H28N4O3S3. The average Bonchev–Trinajstić information content (AvgIpc) is 3.49. The molecule has 0 saturated carbocycles. The standard InChI is InChI=1S/C23H28N4O3S3/c1-25(2)15-16-27(23-24-21-19(31-3)7-6-8-20(21)32-23)22(28)17-9-11-18(12-10-17)33(29,30)26-13-4-5-14-26/h6-12H,4-5,13-16H2,1-3H3. The largest absolute Gasteiger partial charge is 0.308 e. The zero-order valence-corrected chi connectivity index (χ0v) is 21.5. The minimum Gasteiger partial charge on any atom is -0.308 e. The Morgan fingerprint density at radius 1 is 1.09 bits per heavy atom. The lowest BCUT2D eigenvalue weighted by Gasteiger charge is -2.22. The van der Waals surface area contributed by atoms with E-state index >= 15 is 0 Å². The maximum Gasteiger partial charge on any atom is 0.260 e. The SMILES string of the molecule is CSc1cccc2sc(N(CCN(C)C)C(=O)c3ccc(S(=O)(=O)N4CCCC4)cc3)nc12. The number of benzene rings is 2. The number of thioether (sulfide) groups is 1. The van der Waals surface area contributed by atoms with Crippen molar-refractivity contribution in [2.75, 3.05) is 51.4 Å². The number of carbonyl (C=O) groups excluding carboxylic acids is 1. The van der Waals surface area contributed by atoms with E-state index in [9.17, 15) is 13.2 Å². The van der Waals surface area contributed by atoms with Gasteiger partial charge in [-0.15, -0.1) is 11.8 Å². The Morgan fingerprint density at radius 3 is 2.42 bits per heavy atom. The number of aromatic nitrogens is 1. The van der Waals surface area contributed by atoms with Crippen molar-refractivity contribution in [2.45, 2.75) is 22.6 Å². The van der Waals surface area contributed by atoms with Gasteiger partial charge in [0.25, 0.3) is 5.91 Å². The van der Waals surface area contributed by atoms with Gasteiger partial charge in [-0.1, -0.05) is 17.4 Å². The van der Waals surface area contributed by atoms with Crippen LogP contribution in [0.25, 0.3) is 10.2 Å². The Bertz CT molecular complexity index is 1230. The molecule has 10 heteroatoms. The molecule has 1 amide bonds. The fourth-order valence-corrected chi connectivity index (χ4v) is 6.94. The number of nitrogens with zero attached hydrogens (tertiary/aromatic N) is 4. The first-order valence-electron chi connectivity index (χ1n) is 10.8. The summed E-state index contributed by atoms with van der Waals surface area (Å²) >= 11 is 3.13. The normalized spacial score (nSPS) is 14.9. The fraction of sp³-hybridized carbons (Fsp3) is 0.391. The number of likely N-dealkylation sites (N-methyl/N-ethyl adjacent to an activating group) is 1. The van der Waals surface area contributed by atoms with Crippen LogP contribution >= 0.6 is 23.1 Å². The fourth-order valence-electron chi connectivity index (χ4n) is 3.78. The lowest BCUT2D eigenvalue weighted by atomic mass is 10.2. The van der Waals surface area contributed by atoms with Gasteiger partial charge < -0.3 is 4.90 Å². The van der Waals surface area contributed by atoms with Crippen molar-refractivity contribution in [2.24, 2.45) is 0 Å². The predicted molar refractivity (Wildman–Crippen MR) is 136 cm³/mol. The highest BCUT2D eigenvalue weighted by Gasteiger charge is 2.28. The maximum atomic E-state index is 13.5. The topological polar surface area (TPSA) is 73.8 Å². The van der Waals surface area contributed by atoms with Crippen molar-refractivity contribution in [3.8, 4) is 0 Å². The third kappa shape index (κ3) is 5.09. The first kappa shape index (κ1) is 24.2. The molecule has 4 rings (SSSR count). The van der Waals surface area contributed by atoms with Crippen LogP contribution in [0.15, 0.2) is 52.3 Å². The summed E-state index contributed by atoms with van der Waals surface area (Å²) in [6.45, 7) is 2.26. The summed E-state index contributed by atoms with van der Waals surface area (Å²) in [5.74, 6) is -0.188. The number of hydrogen-bond acceptors (Lipinski definition) is 7. The molecule has 0 N–H and O–H groups in total. The molecule has 176 valence electrons. The molecule has 3 aromatic rings. The van der Waals surface area contributed by atoms with Crippen LogP contribution in [-0.4, -0.2) is 75.0 Å². The number of fused-ring (bicyclic) bond motifs is 1. The molecule has 0 aliphatic carbocycles. The molecule has 1 fully saturated rings. The van der Waals surface area contributed by atoms with Gasteiger partial charge >= 0.3 is 0 Å². The van der Waals surface area contributed by atoms with Gasteiger partial charge in [0.15, 0.2) is 5.13 Å². The molecule has 1 aliphatic heterocycles. The Labute approximate surface area is 203 Å². The Balaban J connectivity index is 1.64. The van der Waals surface area contributed by atoms with Crippen LogP contribution < -0.4 is 4.90 Å². The first-order chi connectivity index (χ1) is 15.8. The van der Waals surface area contributed by atoms with Crippen molar-refractivity contribution in [1.82, 2.24) is 14.2 Å². The third-order valence-electron chi connectivity index (χ3n) is 5.64. The van der Waals surface area contributed by atoms with Gasteiger partial charge in [-0.25, -0.2) is 13.4 Å². The number of anilines is 1. The third-order valence-corrected chi connectivity index (χ3v) is 9.37. The molecule has 33 heavy (non-hydrogen) atoms. The van der Waals surface area contributed by atoms with Crippen molar-refractivity contribution in [3.05, 3.63) is 48.0 Å². The highest BCUT2D eigenvalue weighted by Crippen LogP contribution is 2.34. The number of para-hydroxylation sites is 1. The number of amides is 1. The van der Waals surface area contributed by atoms with Crippen molar-refractivity contribution in [3.63, 3.8) is 0 Å². The molecule has 0 bridgehead atoms. The number of thiazole rings is 1. The van der Waals surface area contributed by atoms with Gasteiger partial charge in [0.1, 0.15) is 0 Å². The van der Waals surface area contributed by atoms with E-state index in [2.05, 4.69) is 0 Å². The van der Waals surface area contributed by atoms with E-state index in [1.807, 2.05) is 43.5 Å². The first-order valence-corrected chi connectivity index (χ1v) is 14.3. The van der Waals surface area contributed by atoms with Crippen molar-refractivity contribution >= 4 is 54.4 Å². The van der Waals surface area contributed by atoms with Gasteiger partial charge in [-0.2, -0.15) is 4.31 Å². The lowest BCUT2D eigenvalue weighted by Crippen LogP contribution is -2.36. The van der Waals surface area contributed by atoms with E-state index in [4.69, 9.17) is 4.98 Å². The quantitative estimate of drug-likeness (QED) is 0.432. The number of rotatable bonds is 8. The molecular weight excluding hydrogens is 476 g/mol. The summed E-state index contributed by atoms with van der Waals surface area (Å²) < 4.78 is 28.2. The van der Waals surface area contributed by atoms with E-state index in [1.54, 1.807) is 28.8 Å². The van der Waals surface area contributed by atoms with Gasteiger partial charge in [0.2, 0.25) is 10.0 Å². The summed E-state index contributed by atoms with van der Waals surface area (Å²) in [6, 6.07) is 12.3. The van der Waals surface area contributed by atoms with Crippen molar-refractivity contribution in [1.29, 1.82) is 0 Å². The van der Waals surface area contributed by atoms with Crippen LogP contribution in [0.2, 0.25) is 0 Å². The second kappa shape index (κ2) is 10.1. The summed E-state index contributed by atoms with van der Waals surface area (Å²) in [5.41, 5.74) is 1.35. The molecule has 7 nitrogen and oxygen atoms in total. The van der Waals surface area contributed by atoms with Crippen LogP contribution in [0.1, 0.15) is 23.2 Å². The molecule has 1 saturated heterocycles. The second-order valence-electron chi connectivity index (χ2n) is 8.20. The molecule has 1 aliphatic rings. The van der Waals surface area contributed by atoms with E-state index < -0.39 is 10.0 Å². The molecule has 2 aromatic carbocycles. The Hall–Kier alpha value is -1.98.